The third kappa shape index (κ3) is 3.82. The SMILES string of the molecule is COc1cccc(C2(c3cccc(-c4cccc(Cl)c4)c3)COC(NC(=O)O)=N2)c1. The van der Waals surface area contributed by atoms with Gasteiger partial charge in [-0.05, 0) is 52.6 Å². The van der Waals surface area contributed by atoms with Crippen molar-refractivity contribution in [1.29, 1.82) is 0 Å². The van der Waals surface area contributed by atoms with E-state index in [2.05, 4.69) is 10.3 Å². The van der Waals surface area contributed by atoms with Gasteiger partial charge in [0.25, 0.3) is 6.02 Å². The Morgan fingerprint density at radius 1 is 1.07 bits per heavy atom. The summed E-state index contributed by atoms with van der Waals surface area (Å²) in [7, 11) is 1.59. The van der Waals surface area contributed by atoms with E-state index in [0.717, 1.165) is 22.3 Å². The van der Waals surface area contributed by atoms with Crippen LogP contribution < -0.4 is 10.1 Å². The Balaban J connectivity index is 1.86. The van der Waals surface area contributed by atoms with Crippen LogP contribution in [0.5, 0.6) is 5.75 Å². The monoisotopic (exact) mass is 422 g/mol. The van der Waals surface area contributed by atoms with Crippen LogP contribution in [0.2, 0.25) is 5.02 Å². The molecule has 2 N–H and O–H groups in total. The first kappa shape index (κ1) is 19.8. The van der Waals surface area contributed by atoms with Gasteiger partial charge in [0.15, 0.2) is 5.54 Å². The van der Waals surface area contributed by atoms with E-state index in [9.17, 15) is 4.79 Å². The number of nitrogens with one attached hydrogen (secondary N) is 1. The van der Waals surface area contributed by atoms with E-state index in [1.807, 2.05) is 72.8 Å². The van der Waals surface area contributed by atoms with E-state index in [1.54, 1.807) is 7.11 Å². The number of aliphatic imine (C=N–C) groups is 1. The molecular formula is C23H19ClN2O4. The zero-order valence-electron chi connectivity index (χ0n) is 16.1. The number of carbonyl (C=O) groups is 1. The molecule has 0 spiro atoms. The van der Waals surface area contributed by atoms with Crippen LogP contribution in [0.4, 0.5) is 4.79 Å². The number of rotatable bonds is 4. The zero-order chi connectivity index (χ0) is 21.1. The predicted octanol–water partition coefficient (Wildman–Crippen LogP) is 4.91. The van der Waals surface area contributed by atoms with Gasteiger partial charge in [0, 0.05) is 5.02 Å². The predicted molar refractivity (Wildman–Crippen MR) is 115 cm³/mol. The molecule has 6 nitrogen and oxygen atoms in total. The lowest BCUT2D eigenvalue weighted by molar-refractivity contribution is 0.195. The Bertz CT molecular complexity index is 1130. The quantitative estimate of drug-likeness (QED) is 0.625. The number of methoxy groups -OCH3 is 1. The van der Waals surface area contributed by atoms with Crippen molar-refractivity contribution in [1.82, 2.24) is 5.32 Å². The third-order valence-electron chi connectivity index (χ3n) is 4.97. The van der Waals surface area contributed by atoms with Gasteiger partial charge in [0.05, 0.1) is 7.11 Å². The first-order valence-corrected chi connectivity index (χ1v) is 9.61. The molecule has 0 radical (unpaired) electrons. The number of ether oxygens (including phenoxy) is 2. The maximum atomic E-state index is 11.1. The molecule has 7 heteroatoms. The van der Waals surface area contributed by atoms with Crippen molar-refractivity contribution in [2.45, 2.75) is 5.54 Å². The molecule has 0 fully saturated rings. The summed E-state index contributed by atoms with van der Waals surface area (Å²) in [4.78, 5) is 15.8. The van der Waals surface area contributed by atoms with E-state index in [4.69, 9.17) is 26.2 Å². The topological polar surface area (TPSA) is 80.2 Å². The molecule has 30 heavy (non-hydrogen) atoms. The number of amides is 1. The van der Waals surface area contributed by atoms with Crippen molar-refractivity contribution in [3.05, 3.63) is 88.9 Å². The second-order valence-electron chi connectivity index (χ2n) is 6.82. The lowest BCUT2D eigenvalue weighted by Crippen LogP contribution is -2.28. The number of hydrogen-bond acceptors (Lipinski definition) is 4. The van der Waals surface area contributed by atoms with E-state index in [0.29, 0.717) is 10.8 Å². The van der Waals surface area contributed by atoms with E-state index >= 15 is 0 Å². The van der Waals surface area contributed by atoms with E-state index < -0.39 is 11.6 Å². The minimum atomic E-state index is -1.23. The van der Waals surface area contributed by atoms with Gasteiger partial charge in [-0.15, -0.1) is 0 Å². The van der Waals surface area contributed by atoms with Crippen LogP contribution in [0, 0.1) is 0 Å². The normalized spacial score (nSPS) is 17.7. The summed E-state index contributed by atoms with van der Waals surface area (Å²) in [5.74, 6) is 0.674. The molecule has 1 amide bonds. The summed E-state index contributed by atoms with van der Waals surface area (Å²) in [5.41, 5.74) is 2.69. The van der Waals surface area contributed by atoms with Gasteiger partial charge in [-0.25, -0.2) is 15.1 Å². The van der Waals surface area contributed by atoms with Gasteiger partial charge < -0.3 is 14.6 Å². The summed E-state index contributed by atoms with van der Waals surface area (Å²) < 4.78 is 11.0. The highest BCUT2D eigenvalue weighted by atomic mass is 35.5. The Kier molecular flexibility index (Phi) is 5.33. The largest absolute Gasteiger partial charge is 0.497 e. The molecule has 0 aromatic heterocycles. The first-order valence-electron chi connectivity index (χ1n) is 9.24. The molecule has 0 saturated heterocycles. The number of benzene rings is 3. The van der Waals surface area contributed by atoms with Crippen molar-refractivity contribution in [3.63, 3.8) is 0 Å². The van der Waals surface area contributed by atoms with Crippen LogP contribution in [0.3, 0.4) is 0 Å². The highest BCUT2D eigenvalue weighted by Gasteiger charge is 2.41. The van der Waals surface area contributed by atoms with Gasteiger partial charge in [-0.1, -0.05) is 54.1 Å². The number of nitrogens with zero attached hydrogens (tertiary/aromatic N) is 1. The van der Waals surface area contributed by atoms with Gasteiger partial charge in [-0.3, -0.25) is 0 Å². The van der Waals surface area contributed by atoms with Crippen molar-refractivity contribution < 1.29 is 19.4 Å². The summed E-state index contributed by atoms with van der Waals surface area (Å²) >= 11 is 6.17. The molecule has 1 atom stereocenters. The van der Waals surface area contributed by atoms with Gasteiger partial charge in [-0.2, -0.15) is 0 Å². The van der Waals surface area contributed by atoms with Crippen molar-refractivity contribution >= 4 is 23.7 Å². The number of halogens is 1. The minimum absolute atomic E-state index is 0.0431. The molecule has 3 aromatic rings. The van der Waals surface area contributed by atoms with Gasteiger partial charge >= 0.3 is 6.09 Å². The summed E-state index contributed by atoms with van der Waals surface area (Å²) in [6.07, 6.45) is -1.23. The highest BCUT2D eigenvalue weighted by Crippen LogP contribution is 2.40. The second-order valence-corrected chi connectivity index (χ2v) is 7.26. The average Bonchev–Trinajstić information content (AvgIpc) is 3.18. The summed E-state index contributed by atoms with van der Waals surface area (Å²) in [6, 6.07) is 23.0. The average molecular weight is 423 g/mol. The maximum Gasteiger partial charge on any atom is 0.412 e. The third-order valence-corrected chi connectivity index (χ3v) is 5.20. The van der Waals surface area contributed by atoms with Crippen LogP contribution in [-0.4, -0.2) is 30.9 Å². The molecule has 4 rings (SSSR count). The Labute approximate surface area is 178 Å². The summed E-state index contributed by atoms with van der Waals surface area (Å²) in [6.45, 7) is 0.148. The van der Waals surface area contributed by atoms with E-state index in [-0.39, 0.29) is 12.6 Å². The molecule has 1 unspecified atom stereocenters. The second kappa shape index (κ2) is 8.08. The molecule has 0 saturated carbocycles. The first-order chi connectivity index (χ1) is 14.5. The number of carboxylic acid groups (broad SMARTS) is 1. The maximum absolute atomic E-state index is 11.1. The molecule has 1 aliphatic rings. The molecular weight excluding hydrogens is 404 g/mol. The molecule has 1 aliphatic heterocycles. The number of hydrogen-bond donors (Lipinski definition) is 2. The van der Waals surface area contributed by atoms with Crippen molar-refractivity contribution in [2.75, 3.05) is 13.7 Å². The molecule has 3 aromatic carbocycles. The minimum Gasteiger partial charge on any atom is -0.497 e. The Morgan fingerprint density at radius 3 is 2.43 bits per heavy atom. The van der Waals surface area contributed by atoms with Crippen LogP contribution in [-0.2, 0) is 10.3 Å². The van der Waals surface area contributed by atoms with Crippen LogP contribution in [0.1, 0.15) is 11.1 Å². The lowest BCUT2D eigenvalue weighted by Gasteiger charge is -2.26. The van der Waals surface area contributed by atoms with E-state index in [1.165, 1.54) is 0 Å². The standard InChI is InChI=1S/C23H19ClN2O4/c1-29-20-10-4-8-18(13-20)23(14-30-21(26-23)25-22(27)28)17-7-2-5-15(11-17)16-6-3-9-19(24)12-16/h2-13H,14H2,1H3,(H,25,26)(H,27,28). The van der Waals surface area contributed by atoms with Crippen LogP contribution in [0.25, 0.3) is 11.1 Å². The van der Waals surface area contributed by atoms with Crippen molar-refractivity contribution in [2.24, 2.45) is 4.99 Å². The Hall–Kier alpha value is -3.51. The number of amidine groups is 1. The van der Waals surface area contributed by atoms with Gasteiger partial charge in [0.1, 0.15) is 12.4 Å². The molecule has 1 heterocycles. The van der Waals surface area contributed by atoms with Crippen LogP contribution >= 0.6 is 11.6 Å². The lowest BCUT2D eigenvalue weighted by atomic mass is 9.83. The fourth-order valence-electron chi connectivity index (χ4n) is 3.53. The molecule has 0 aliphatic carbocycles. The summed E-state index contributed by atoms with van der Waals surface area (Å²) in [5, 5.41) is 11.9. The van der Waals surface area contributed by atoms with Crippen LogP contribution in [0.15, 0.2) is 77.8 Å². The molecule has 0 bridgehead atoms. The smallest absolute Gasteiger partial charge is 0.412 e. The zero-order valence-corrected chi connectivity index (χ0v) is 16.9. The fraction of sp³-hybridized carbons (Fsp3) is 0.130. The fourth-order valence-corrected chi connectivity index (χ4v) is 3.72. The Morgan fingerprint density at radius 2 is 1.73 bits per heavy atom. The van der Waals surface area contributed by atoms with Gasteiger partial charge in [0.2, 0.25) is 0 Å². The molecule has 152 valence electrons. The van der Waals surface area contributed by atoms with Crippen molar-refractivity contribution in [3.8, 4) is 16.9 Å². The highest BCUT2D eigenvalue weighted by molar-refractivity contribution is 6.30.